The third-order valence-corrected chi connectivity index (χ3v) is 10.4. The zero-order valence-electron chi connectivity index (χ0n) is 40.4. The first kappa shape index (κ1) is 55.7. The number of allylic oxidation sites excluding steroid dienone is 2. The molecule has 0 bridgehead atoms. The van der Waals surface area contributed by atoms with E-state index in [2.05, 4.69) is 125 Å². The van der Waals surface area contributed by atoms with Crippen molar-refractivity contribution in [2.45, 2.75) is 187 Å². The number of unbranched alkanes of at least 4 members (excludes halogenated alkanes) is 2. The Labute approximate surface area is 351 Å². The van der Waals surface area contributed by atoms with Crippen LogP contribution in [0.25, 0.3) is 5.70 Å². The van der Waals surface area contributed by atoms with Crippen LogP contribution in [0.1, 0.15) is 176 Å². The molecule has 0 unspecified atom stereocenters. The molecule has 4 nitrogen and oxygen atoms in total. The van der Waals surface area contributed by atoms with Crippen molar-refractivity contribution in [3.63, 3.8) is 0 Å². The summed E-state index contributed by atoms with van der Waals surface area (Å²) >= 11 is 0. The quantitative estimate of drug-likeness (QED) is 0.139. The van der Waals surface area contributed by atoms with Gasteiger partial charge in [-0.1, -0.05) is 150 Å². The van der Waals surface area contributed by atoms with E-state index >= 15 is 0 Å². The Hall–Kier alpha value is -2.40. The normalized spacial score (nSPS) is 15.1. The smallest absolute Gasteiger partial charge is 0.0472 e. The highest BCUT2D eigenvalue weighted by Gasteiger charge is 2.29. The number of hydrogen-bond donors (Lipinski definition) is 2. The average molecular weight is 777 g/mol. The number of likely N-dealkylation sites (tertiary alicyclic amines) is 2. The summed E-state index contributed by atoms with van der Waals surface area (Å²) in [4.78, 5) is 5.41. The monoisotopic (exact) mass is 777 g/mol. The molecule has 4 rings (SSSR count). The van der Waals surface area contributed by atoms with Gasteiger partial charge >= 0.3 is 0 Å². The summed E-state index contributed by atoms with van der Waals surface area (Å²) in [5.74, 6) is 0. The highest BCUT2D eigenvalue weighted by molar-refractivity contribution is 5.71. The van der Waals surface area contributed by atoms with Gasteiger partial charge in [0.1, 0.15) is 0 Å². The van der Waals surface area contributed by atoms with Crippen LogP contribution in [0, 0.1) is 26.2 Å². The summed E-state index contributed by atoms with van der Waals surface area (Å²) in [7, 11) is 0. The van der Waals surface area contributed by atoms with Gasteiger partial charge in [0.2, 0.25) is 0 Å². The van der Waals surface area contributed by atoms with Crippen LogP contribution in [0.3, 0.4) is 0 Å². The molecule has 0 aromatic heterocycles. The molecule has 0 amide bonds. The molecule has 2 aromatic carbocycles. The van der Waals surface area contributed by atoms with E-state index in [0.717, 1.165) is 19.1 Å². The molecule has 0 atom stereocenters. The minimum Gasteiger partial charge on any atom is -0.371 e. The predicted molar refractivity (Wildman–Crippen MR) is 257 cm³/mol. The van der Waals surface area contributed by atoms with Crippen molar-refractivity contribution >= 4 is 5.70 Å². The van der Waals surface area contributed by atoms with E-state index in [1.165, 1.54) is 136 Å². The highest BCUT2D eigenvalue weighted by atomic mass is 15.2. The van der Waals surface area contributed by atoms with Crippen molar-refractivity contribution < 1.29 is 0 Å². The number of nitrogens with one attached hydrogen (secondary N) is 2. The van der Waals surface area contributed by atoms with E-state index in [0.29, 0.717) is 11.5 Å². The molecule has 4 heteroatoms. The molecule has 2 fully saturated rings. The van der Waals surface area contributed by atoms with Crippen molar-refractivity contribution in [2.75, 3.05) is 45.8 Å². The Morgan fingerprint density at radius 1 is 0.732 bits per heavy atom. The Morgan fingerprint density at radius 3 is 1.80 bits per heavy atom. The van der Waals surface area contributed by atoms with E-state index in [-0.39, 0.29) is 0 Å². The first-order chi connectivity index (χ1) is 27.0. The predicted octanol–water partition coefficient (Wildman–Crippen LogP) is 14.0. The van der Waals surface area contributed by atoms with Gasteiger partial charge in [-0.05, 0) is 146 Å². The lowest BCUT2D eigenvalue weighted by atomic mass is 9.88. The second-order valence-electron chi connectivity index (χ2n) is 15.9. The molecule has 0 spiro atoms. The summed E-state index contributed by atoms with van der Waals surface area (Å²) in [6.07, 6.45) is 14.8. The Balaban J connectivity index is 0. The third kappa shape index (κ3) is 23.7. The van der Waals surface area contributed by atoms with Crippen LogP contribution in [0.4, 0.5) is 0 Å². The van der Waals surface area contributed by atoms with Crippen molar-refractivity contribution in [3.05, 3.63) is 88.5 Å². The molecule has 0 saturated carbocycles. The lowest BCUT2D eigenvalue weighted by molar-refractivity contribution is 0.100. The van der Waals surface area contributed by atoms with E-state index in [4.69, 9.17) is 0 Å². The maximum atomic E-state index is 4.09. The molecule has 2 saturated heterocycles. The molecule has 2 heterocycles. The fourth-order valence-corrected chi connectivity index (χ4v) is 7.03. The molecule has 0 radical (unpaired) electrons. The fraction of sp³-hybridized carbons (Fsp3) is 0.692. The Kier molecular flexibility index (Phi) is 34.4. The first-order valence-electron chi connectivity index (χ1n) is 23.4. The number of nitrogens with zero attached hydrogens (tertiary/aromatic N) is 2. The third-order valence-electron chi connectivity index (χ3n) is 10.4. The van der Waals surface area contributed by atoms with E-state index in [1.807, 2.05) is 61.5 Å². The number of hydrogen-bond acceptors (Lipinski definition) is 4. The van der Waals surface area contributed by atoms with Gasteiger partial charge in [0.25, 0.3) is 0 Å². The molecule has 56 heavy (non-hydrogen) atoms. The standard InChI is InChI=1S/C31H52N4.C13H20.4C2H6/c1-6-8-17-32-18-9-10-19-33-28-13-20-34(21-14-28)29-15-22-35(23-16-29)31(26(4)7-2)30-24-25(3)11-12-27(30)5;1-11-5-7-12(8-6-11)9-10-13(2,3)4;4*1-2/h7,11-12,24,28-29,32-33H,2,6,8-10,13-23H2,1,3-5H3;5-8H,9-10H2,1-4H3;4*1-2H3/b31-26+;;;;;. The minimum atomic E-state index is 0.449. The fourth-order valence-electron chi connectivity index (χ4n) is 7.03. The van der Waals surface area contributed by atoms with Gasteiger partial charge in [-0.3, -0.25) is 0 Å². The SMILES string of the molecule is C=C/C(C)=C(\c1cc(C)ccc1C)N1CCC(N2CCC(NCCCCNCCCC)CC2)CC1.CC.CC.CC.CC.Cc1ccc(CCC(C)(C)C)cc1. The van der Waals surface area contributed by atoms with Gasteiger partial charge in [0.05, 0.1) is 0 Å². The van der Waals surface area contributed by atoms with Crippen LogP contribution >= 0.6 is 0 Å². The molecular formula is C52H96N4. The van der Waals surface area contributed by atoms with Crippen LogP contribution in [0.15, 0.2) is 60.7 Å². The maximum Gasteiger partial charge on any atom is 0.0472 e. The zero-order chi connectivity index (χ0) is 42.9. The summed E-state index contributed by atoms with van der Waals surface area (Å²) < 4.78 is 0. The second-order valence-corrected chi connectivity index (χ2v) is 15.9. The summed E-state index contributed by atoms with van der Waals surface area (Å²) in [6.45, 7) is 46.3. The zero-order valence-corrected chi connectivity index (χ0v) is 40.4. The Bertz CT molecular complexity index is 1220. The van der Waals surface area contributed by atoms with Crippen LogP contribution < -0.4 is 10.6 Å². The van der Waals surface area contributed by atoms with Gasteiger partial charge in [-0.15, -0.1) is 0 Å². The van der Waals surface area contributed by atoms with E-state index in [9.17, 15) is 0 Å². The minimum absolute atomic E-state index is 0.449. The lowest BCUT2D eigenvalue weighted by Crippen LogP contribution is -2.50. The topological polar surface area (TPSA) is 30.5 Å². The number of piperidine rings is 2. The van der Waals surface area contributed by atoms with Crippen LogP contribution in [0.5, 0.6) is 0 Å². The average Bonchev–Trinajstić information content (AvgIpc) is 3.23. The van der Waals surface area contributed by atoms with Crippen molar-refractivity contribution in [3.8, 4) is 0 Å². The van der Waals surface area contributed by atoms with Crippen molar-refractivity contribution in [1.82, 2.24) is 20.4 Å². The van der Waals surface area contributed by atoms with Gasteiger partial charge < -0.3 is 20.4 Å². The van der Waals surface area contributed by atoms with Crippen LogP contribution in [-0.2, 0) is 6.42 Å². The van der Waals surface area contributed by atoms with E-state index < -0.39 is 0 Å². The molecule has 2 aromatic rings. The largest absolute Gasteiger partial charge is 0.371 e. The van der Waals surface area contributed by atoms with E-state index in [1.54, 1.807) is 0 Å². The number of aryl methyl sites for hydroxylation is 4. The molecule has 2 aliphatic rings. The van der Waals surface area contributed by atoms with Crippen LogP contribution in [0.2, 0.25) is 0 Å². The van der Waals surface area contributed by atoms with Gasteiger partial charge in [-0.25, -0.2) is 0 Å². The van der Waals surface area contributed by atoms with Crippen LogP contribution in [-0.4, -0.2) is 67.7 Å². The first-order valence-corrected chi connectivity index (χ1v) is 23.4. The van der Waals surface area contributed by atoms with Crippen molar-refractivity contribution in [2.24, 2.45) is 5.41 Å². The lowest BCUT2D eigenvalue weighted by Gasteiger charge is -2.43. The second kappa shape index (κ2) is 34.6. The summed E-state index contributed by atoms with van der Waals surface area (Å²) in [5, 5.41) is 7.39. The van der Waals surface area contributed by atoms with Gasteiger partial charge in [-0.2, -0.15) is 0 Å². The number of rotatable bonds is 15. The maximum absolute atomic E-state index is 4.09. The number of benzene rings is 2. The highest BCUT2D eigenvalue weighted by Crippen LogP contribution is 2.32. The molecule has 324 valence electrons. The molecule has 2 N–H and O–H groups in total. The van der Waals surface area contributed by atoms with Gasteiger partial charge in [0.15, 0.2) is 0 Å². The summed E-state index contributed by atoms with van der Waals surface area (Å²) in [6, 6.07) is 17.1. The molecule has 0 aliphatic carbocycles. The Morgan fingerprint density at radius 2 is 1.27 bits per heavy atom. The molecule has 2 aliphatic heterocycles. The van der Waals surface area contributed by atoms with Crippen molar-refractivity contribution in [1.29, 1.82) is 0 Å². The summed E-state index contributed by atoms with van der Waals surface area (Å²) in [5.41, 5.74) is 10.0. The molecular weight excluding hydrogens is 681 g/mol. The van der Waals surface area contributed by atoms with Gasteiger partial charge in [0, 0.05) is 36.4 Å².